The van der Waals surface area contributed by atoms with Crippen molar-refractivity contribution >= 4 is 31.5 Å². The molecule has 3 aromatic rings. The number of benzene rings is 2. The molecule has 0 nitrogen and oxygen atoms in total. The first-order chi connectivity index (χ1) is 16.3. The second kappa shape index (κ2) is 9.40. The minimum atomic E-state index is -4.77. The SMILES string of the molecule is CCCC1CCC(C2CCC(c3ccc4c(sc5c(F)c(C(F)(F)F)ccc54)c3F)CC2)CC1. The van der Waals surface area contributed by atoms with E-state index in [0.717, 1.165) is 60.8 Å². The largest absolute Gasteiger partial charge is 0.419 e. The van der Waals surface area contributed by atoms with Gasteiger partial charge in [0.1, 0.15) is 5.82 Å². The molecule has 0 unspecified atom stereocenters. The van der Waals surface area contributed by atoms with Crippen molar-refractivity contribution in [2.75, 3.05) is 0 Å². The van der Waals surface area contributed by atoms with Gasteiger partial charge in [0.15, 0.2) is 5.82 Å². The Kier molecular flexibility index (Phi) is 6.64. The van der Waals surface area contributed by atoms with E-state index in [1.165, 1.54) is 44.6 Å². The maximum Gasteiger partial charge on any atom is 0.419 e. The zero-order valence-electron chi connectivity index (χ0n) is 19.5. The van der Waals surface area contributed by atoms with Crippen LogP contribution in [0.15, 0.2) is 24.3 Å². The molecule has 0 radical (unpaired) electrons. The minimum absolute atomic E-state index is 0.122. The molecule has 1 heterocycles. The Morgan fingerprint density at radius 2 is 1.32 bits per heavy atom. The Balaban J connectivity index is 1.34. The van der Waals surface area contributed by atoms with E-state index in [4.69, 9.17) is 0 Å². The zero-order valence-corrected chi connectivity index (χ0v) is 20.3. The van der Waals surface area contributed by atoms with Crippen LogP contribution >= 0.6 is 11.3 Å². The fourth-order valence-electron chi connectivity index (χ4n) is 6.65. The Bertz CT molecular complexity index is 1160. The molecule has 2 fully saturated rings. The van der Waals surface area contributed by atoms with Gasteiger partial charge in [-0.2, -0.15) is 13.2 Å². The van der Waals surface area contributed by atoms with Gasteiger partial charge >= 0.3 is 6.18 Å². The smallest absolute Gasteiger partial charge is 0.205 e. The number of hydrogen-bond donors (Lipinski definition) is 0. The molecule has 0 aliphatic heterocycles. The van der Waals surface area contributed by atoms with Gasteiger partial charge < -0.3 is 0 Å². The molecule has 184 valence electrons. The molecule has 0 atom stereocenters. The molecule has 0 spiro atoms. The van der Waals surface area contributed by atoms with Crippen molar-refractivity contribution in [3.8, 4) is 0 Å². The van der Waals surface area contributed by atoms with Crippen LogP contribution in [0.2, 0.25) is 0 Å². The van der Waals surface area contributed by atoms with Crippen LogP contribution in [0.4, 0.5) is 22.0 Å². The predicted octanol–water partition coefficient (Wildman–Crippen LogP) is 10.2. The van der Waals surface area contributed by atoms with Crippen molar-refractivity contribution in [3.63, 3.8) is 0 Å². The zero-order chi connectivity index (χ0) is 24.0. The molecule has 0 saturated heterocycles. The van der Waals surface area contributed by atoms with Crippen LogP contribution < -0.4 is 0 Å². The minimum Gasteiger partial charge on any atom is -0.205 e. The van der Waals surface area contributed by atoms with Crippen LogP contribution in [0.25, 0.3) is 20.2 Å². The lowest BCUT2D eigenvalue weighted by Crippen LogP contribution is -2.25. The van der Waals surface area contributed by atoms with Crippen molar-refractivity contribution in [1.29, 1.82) is 0 Å². The predicted molar refractivity (Wildman–Crippen MR) is 129 cm³/mol. The number of fused-ring (bicyclic) bond motifs is 3. The highest BCUT2D eigenvalue weighted by Gasteiger charge is 2.36. The summed E-state index contributed by atoms with van der Waals surface area (Å²) in [5.41, 5.74) is -0.658. The summed E-state index contributed by atoms with van der Waals surface area (Å²) < 4.78 is 69.8. The molecule has 5 rings (SSSR count). The second-order valence-corrected chi connectivity index (χ2v) is 11.5. The summed E-state index contributed by atoms with van der Waals surface area (Å²) in [5.74, 6) is 0.866. The van der Waals surface area contributed by atoms with Gasteiger partial charge in [0.2, 0.25) is 0 Å². The number of thiophene rings is 1. The lowest BCUT2D eigenvalue weighted by Gasteiger charge is -2.38. The van der Waals surface area contributed by atoms with E-state index in [9.17, 15) is 17.6 Å². The van der Waals surface area contributed by atoms with Gasteiger partial charge in [0, 0.05) is 10.8 Å². The lowest BCUT2D eigenvalue weighted by molar-refractivity contribution is -0.139. The summed E-state index contributed by atoms with van der Waals surface area (Å²) in [6.45, 7) is 2.26. The highest BCUT2D eigenvalue weighted by molar-refractivity contribution is 7.25. The van der Waals surface area contributed by atoms with Gasteiger partial charge in [0.05, 0.1) is 15.0 Å². The van der Waals surface area contributed by atoms with Crippen molar-refractivity contribution in [2.24, 2.45) is 17.8 Å². The second-order valence-electron chi connectivity index (χ2n) is 10.4. The molecule has 1 aromatic heterocycles. The summed E-state index contributed by atoms with van der Waals surface area (Å²) in [7, 11) is 0. The molecule has 6 heteroatoms. The monoisotopic (exact) mass is 494 g/mol. The molecule has 0 bridgehead atoms. The van der Waals surface area contributed by atoms with E-state index in [2.05, 4.69) is 6.92 Å². The Morgan fingerprint density at radius 3 is 1.91 bits per heavy atom. The molecule has 34 heavy (non-hydrogen) atoms. The summed E-state index contributed by atoms with van der Waals surface area (Å²) in [5, 5.41) is 0.838. The van der Waals surface area contributed by atoms with Crippen molar-refractivity contribution in [3.05, 3.63) is 47.0 Å². The van der Waals surface area contributed by atoms with E-state index < -0.39 is 17.6 Å². The van der Waals surface area contributed by atoms with E-state index in [1.54, 1.807) is 12.1 Å². The van der Waals surface area contributed by atoms with Gasteiger partial charge in [-0.05, 0) is 73.8 Å². The highest BCUT2D eigenvalue weighted by Crippen LogP contribution is 2.47. The van der Waals surface area contributed by atoms with Crippen LogP contribution in [0.5, 0.6) is 0 Å². The summed E-state index contributed by atoms with van der Waals surface area (Å²) in [6.07, 6.45) is 7.31. The van der Waals surface area contributed by atoms with Crippen LogP contribution in [0.1, 0.15) is 88.2 Å². The molecular weight excluding hydrogens is 463 g/mol. The third-order valence-electron chi connectivity index (χ3n) is 8.49. The molecule has 2 saturated carbocycles. The Morgan fingerprint density at radius 1 is 0.765 bits per heavy atom. The van der Waals surface area contributed by atoms with E-state index in [-0.39, 0.29) is 21.1 Å². The van der Waals surface area contributed by atoms with Crippen LogP contribution in [0.3, 0.4) is 0 Å². The van der Waals surface area contributed by atoms with Gasteiger partial charge in [0.25, 0.3) is 0 Å². The van der Waals surface area contributed by atoms with Gasteiger partial charge in [-0.1, -0.05) is 50.8 Å². The summed E-state index contributed by atoms with van der Waals surface area (Å²) in [4.78, 5) is 0. The number of halogens is 5. The fraction of sp³-hybridized carbons (Fsp3) is 0.571. The summed E-state index contributed by atoms with van der Waals surface area (Å²) >= 11 is 0.801. The standard InChI is InChI=1S/C28H31F5S/c1-2-3-16-4-6-17(7-5-16)18-8-10-19(11-9-18)20-12-13-21-22-14-15-23(28(31,32)33)25(30)27(22)34-26(21)24(20)29/h12-19H,2-11H2,1H3. The fourth-order valence-corrected chi connectivity index (χ4v) is 7.83. The average molecular weight is 495 g/mol. The first-order valence-electron chi connectivity index (χ1n) is 12.7. The molecule has 2 aliphatic rings. The number of alkyl halides is 3. The number of hydrogen-bond acceptors (Lipinski definition) is 1. The van der Waals surface area contributed by atoms with Crippen molar-refractivity contribution in [1.82, 2.24) is 0 Å². The maximum atomic E-state index is 15.6. The van der Waals surface area contributed by atoms with E-state index in [1.807, 2.05) is 0 Å². The number of rotatable bonds is 4. The first kappa shape index (κ1) is 24.0. The molecule has 2 aromatic carbocycles. The average Bonchev–Trinajstić information content (AvgIpc) is 3.20. The van der Waals surface area contributed by atoms with Crippen LogP contribution in [0, 0.1) is 29.4 Å². The van der Waals surface area contributed by atoms with Gasteiger partial charge in [-0.3, -0.25) is 0 Å². The third-order valence-corrected chi connectivity index (χ3v) is 9.70. The Hall–Kier alpha value is -1.69. The normalized spacial score (nSPS) is 26.4. The summed E-state index contributed by atoms with van der Waals surface area (Å²) in [6, 6.07) is 5.56. The molecule has 0 N–H and O–H groups in total. The van der Waals surface area contributed by atoms with Crippen LogP contribution in [-0.2, 0) is 6.18 Å². The third kappa shape index (κ3) is 4.36. The topological polar surface area (TPSA) is 0 Å². The van der Waals surface area contributed by atoms with E-state index in [0.29, 0.717) is 16.3 Å². The van der Waals surface area contributed by atoms with Gasteiger partial charge in [-0.15, -0.1) is 11.3 Å². The van der Waals surface area contributed by atoms with Crippen molar-refractivity contribution in [2.45, 2.75) is 83.2 Å². The highest BCUT2D eigenvalue weighted by atomic mass is 32.1. The maximum absolute atomic E-state index is 15.6. The van der Waals surface area contributed by atoms with Gasteiger partial charge in [-0.25, -0.2) is 8.78 Å². The van der Waals surface area contributed by atoms with Crippen LogP contribution in [-0.4, -0.2) is 0 Å². The quantitative estimate of drug-likeness (QED) is 0.317. The lowest BCUT2D eigenvalue weighted by atomic mass is 9.68. The molecule has 0 amide bonds. The van der Waals surface area contributed by atoms with E-state index >= 15 is 4.39 Å². The first-order valence-corrected chi connectivity index (χ1v) is 13.5. The Labute approximate surface area is 201 Å². The molecule has 2 aliphatic carbocycles. The van der Waals surface area contributed by atoms with Crippen molar-refractivity contribution < 1.29 is 22.0 Å². The molecular formula is C28H31F5S.